The predicted molar refractivity (Wildman–Crippen MR) is 82.0 cm³/mol. The van der Waals surface area contributed by atoms with Gasteiger partial charge >= 0.3 is 0 Å². The molecule has 0 N–H and O–H groups in total. The van der Waals surface area contributed by atoms with E-state index in [4.69, 9.17) is 0 Å². The molecule has 1 nitrogen and oxygen atoms in total. The highest BCUT2D eigenvalue weighted by molar-refractivity contribution is 5.78. The Morgan fingerprint density at radius 3 is 1.83 bits per heavy atom. The molecule has 0 aliphatic carbocycles. The van der Waals surface area contributed by atoms with Crippen molar-refractivity contribution < 1.29 is 4.79 Å². The highest BCUT2D eigenvalue weighted by Gasteiger charge is 1.96. The average molecular weight is 250 g/mol. The second kappa shape index (κ2) is 15.9. The van der Waals surface area contributed by atoms with Crippen molar-refractivity contribution in [2.45, 2.75) is 66.7 Å². The van der Waals surface area contributed by atoms with Crippen molar-refractivity contribution in [2.75, 3.05) is 0 Å². The Hall–Kier alpha value is -1.11. The fourth-order valence-electron chi connectivity index (χ4n) is 1.31. The van der Waals surface area contributed by atoms with Crippen LogP contribution in [0.5, 0.6) is 0 Å². The van der Waals surface area contributed by atoms with Crippen LogP contribution >= 0.6 is 0 Å². The molecular weight excluding hydrogens is 220 g/mol. The Bertz CT molecular complexity index is 264. The van der Waals surface area contributed by atoms with Crippen LogP contribution in [0.1, 0.15) is 65.4 Å². The smallest absolute Gasteiger partial charge is 0.132 e. The summed E-state index contributed by atoms with van der Waals surface area (Å²) in [7, 11) is 0. The van der Waals surface area contributed by atoms with E-state index in [0.717, 1.165) is 32.1 Å². The first kappa shape index (κ1) is 19.2. The van der Waals surface area contributed by atoms with Crippen LogP contribution in [0.25, 0.3) is 0 Å². The maximum absolute atomic E-state index is 10.8. The molecule has 0 aromatic heterocycles. The molecule has 1 aromatic carbocycles. The summed E-state index contributed by atoms with van der Waals surface area (Å²) in [6.45, 7) is 10.2. The average Bonchev–Trinajstić information content (AvgIpc) is 2.41. The molecule has 1 heteroatoms. The molecule has 18 heavy (non-hydrogen) atoms. The van der Waals surface area contributed by atoms with Gasteiger partial charge in [0.05, 0.1) is 0 Å². The zero-order valence-electron chi connectivity index (χ0n) is 12.8. The SMILES string of the molecule is CC.CCCCC(=O)CCC.Cc1ccccc1. The molecule has 0 aliphatic heterocycles. The van der Waals surface area contributed by atoms with Crippen LogP contribution in [0, 0.1) is 6.92 Å². The Morgan fingerprint density at radius 2 is 1.50 bits per heavy atom. The lowest BCUT2D eigenvalue weighted by molar-refractivity contribution is -0.119. The lowest BCUT2D eigenvalue weighted by atomic mass is 10.1. The van der Waals surface area contributed by atoms with Gasteiger partial charge in [0.25, 0.3) is 0 Å². The van der Waals surface area contributed by atoms with Gasteiger partial charge in [-0.3, -0.25) is 4.79 Å². The molecule has 0 heterocycles. The minimum absolute atomic E-state index is 0.430. The zero-order chi connectivity index (χ0) is 14.2. The second-order valence-corrected chi connectivity index (χ2v) is 4.05. The molecule has 0 saturated carbocycles. The van der Waals surface area contributed by atoms with Crippen LogP contribution in [0.3, 0.4) is 0 Å². The summed E-state index contributed by atoms with van der Waals surface area (Å²) in [4.78, 5) is 10.8. The van der Waals surface area contributed by atoms with Gasteiger partial charge < -0.3 is 0 Å². The summed E-state index contributed by atoms with van der Waals surface area (Å²) in [5.74, 6) is 0.430. The van der Waals surface area contributed by atoms with Crippen molar-refractivity contribution in [1.82, 2.24) is 0 Å². The van der Waals surface area contributed by atoms with Crippen LogP contribution in [0.4, 0.5) is 0 Å². The first-order valence-electron chi connectivity index (χ1n) is 7.24. The summed E-state index contributed by atoms with van der Waals surface area (Å²) < 4.78 is 0. The molecule has 0 spiro atoms. The number of ketones is 1. The van der Waals surface area contributed by atoms with Gasteiger partial charge in [-0.15, -0.1) is 0 Å². The Balaban J connectivity index is 0. The van der Waals surface area contributed by atoms with Crippen molar-refractivity contribution in [3.8, 4) is 0 Å². The van der Waals surface area contributed by atoms with E-state index in [-0.39, 0.29) is 0 Å². The lowest BCUT2D eigenvalue weighted by Crippen LogP contribution is -1.95. The number of unbranched alkanes of at least 4 members (excludes halogenated alkanes) is 1. The third kappa shape index (κ3) is 14.9. The van der Waals surface area contributed by atoms with Gasteiger partial charge in [-0.2, -0.15) is 0 Å². The van der Waals surface area contributed by atoms with E-state index in [1.54, 1.807) is 0 Å². The van der Waals surface area contributed by atoms with Crippen LogP contribution in [0.2, 0.25) is 0 Å². The highest BCUT2D eigenvalue weighted by atomic mass is 16.1. The number of Topliss-reactive ketones (excluding diaryl/α,β-unsaturated/α-hetero) is 1. The molecule has 0 amide bonds. The zero-order valence-corrected chi connectivity index (χ0v) is 12.8. The maximum atomic E-state index is 10.8. The Labute approximate surface area is 114 Å². The maximum Gasteiger partial charge on any atom is 0.132 e. The molecule has 0 atom stereocenters. The molecule has 104 valence electrons. The molecule has 1 rings (SSSR count). The van der Waals surface area contributed by atoms with Gasteiger partial charge in [0.1, 0.15) is 5.78 Å². The quantitative estimate of drug-likeness (QED) is 0.668. The fourth-order valence-corrected chi connectivity index (χ4v) is 1.31. The Kier molecular flexibility index (Phi) is 17.0. The molecule has 1 aromatic rings. The van der Waals surface area contributed by atoms with Gasteiger partial charge in [0, 0.05) is 12.8 Å². The summed E-state index contributed by atoms with van der Waals surface area (Å²) in [5.41, 5.74) is 1.32. The van der Waals surface area contributed by atoms with Crippen molar-refractivity contribution in [1.29, 1.82) is 0 Å². The molecule has 0 bridgehead atoms. The van der Waals surface area contributed by atoms with Gasteiger partial charge in [-0.25, -0.2) is 0 Å². The number of aryl methyl sites for hydroxylation is 1. The van der Waals surface area contributed by atoms with E-state index in [0.29, 0.717) is 5.78 Å². The minimum atomic E-state index is 0.430. The molecular formula is C17H30O. The van der Waals surface area contributed by atoms with Gasteiger partial charge in [-0.1, -0.05) is 70.0 Å². The first-order valence-corrected chi connectivity index (χ1v) is 7.24. The summed E-state index contributed by atoms with van der Waals surface area (Å²) in [6.07, 6.45) is 4.78. The van der Waals surface area contributed by atoms with Crippen LogP contribution < -0.4 is 0 Å². The van der Waals surface area contributed by atoms with Crippen molar-refractivity contribution in [3.63, 3.8) is 0 Å². The molecule has 0 radical (unpaired) electrons. The second-order valence-electron chi connectivity index (χ2n) is 4.05. The van der Waals surface area contributed by atoms with E-state index >= 15 is 0 Å². The lowest BCUT2D eigenvalue weighted by Gasteiger charge is -1.94. The molecule has 0 saturated heterocycles. The molecule has 0 unspecified atom stereocenters. The van der Waals surface area contributed by atoms with E-state index in [1.807, 2.05) is 39.0 Å². The number of hydrogen-bond donors (Lipinski definition) is 0. The Morgan fingerprint density at radius 1 is 0.944 bits per heavy atom. The van der Waals surface area contributed by atoms with Gasteiger partial charge in [0.15, 0.2) is 0 Å². The summed E-state index contributed by atoms with van der Waals surface area (Å²) >= 11 is 0. The standard InChI is InChI=1S/C8H16O.C7H8.C2H6/c1-3-5-7-8(9)6-4-2;1-7-5-3-2-4-6-7;1-2/h3-7H2,1-2H3;2-6H,1H3;1-2H3. The van der Waals surface area contributed by atoms with E-state index in [9.17, 15) is 4.79 Å². The predicted octanol–water partition coefficient (Wildman–Crippen LogP) is 5.57. The van der Waals surface area contributed by atoms with Crippen molar-refractivity contribution in [2.24, 2.45) is 0 Å². The highest BCUT2D eigenvalue weighted by Crippen LogP contribution is 1.99. The monoisotopic (exact) mass is 250 g/mol. The third-order valence-corrected chi connectivity index (χ3v) is 2.28. The normalized spacial score (nSPS) is 8.50. The van der Waals surface area contributed by atoms with Crippen LogP contribution in [-0.4, -0.2) is 5.78 Å². The number of hydrogen-bond acceptors (Lipinski definition) is 1. The van der Waals surface area contributed by atoms with E-state index in [1.165, 1.54) is 5.56 Å². The number of carbonyl (C=O) groups is 1. The number of carbonyl (C=O) groups excluding carboxylic acids is 1. The minimum Gasteiger partial charge on any atom is -0.300 e. The third-order valence-electron chi connectivity index (χ3n) is 2.28. The number of benzene rings is 1. The van der Waals surface area contributed by atoms with Crippen molar-refractivity contribution in [3.05, 3.63) is 35.9 Å². The van der Waals surface area contributed by atoms with Crippen LogP contribution in [0.15, 0.2) is 30.3 Å². The van der Waals surface area contributed by atoms with Crippen LogP contribution in [-0.2, 0) is 4.79 Å². The van der Waals surface area contributed by atoms with Crippen molar-refractivity contribution >= 4 is 5.78 Å². The van der Waals surface area contributed by atoms with E-state index < -0.39 is 0 Å². The fraction of sp³-hybridized carbons (Fsp3) is 0.588. The van der Waals surface area contributed by atoms with E-state index in [2.05, 4.69) is 26.0 Å². The van der Waals surface area contributed by atoms with Gasteiger partial charge in [0.2, 0.25) is 0 Å². The topological polar surface area (TPSA) is 17.1 Å². The first-order chi connectivity index (χ1) is 8.70. The largest absolute Gasteiger partial charge is 0.300 e. The summed E-state index contributed by atoms with van der Waals surface area (Å²) in [6, 6.07) is 10.3. The summed E-state index contributed by atoms with van der Waals surface area (Å²) in [5, 5.41) is 0. The molecule has 0 fully saturated rings. The van der Waals surface area contributed by atoms with Gasteiger partial charge in [-0.05, 0) is 19.8 Å². The molecule has 0 aliphatic rings. The number of rotatable bonds is 5.